The number of nitrogens with one attached hydrogen (secondary N) is 3. The van der Waals surface area contributed by atoms with Crippen molar-refractivity contribution < 1.29 is 22.4 Å². The summed E-state index contributed by atoms with van der Waals surface area (Å²) < 4.78 is 39.4. The van der Waals surface area contributed by atoms with E-state index in [1.807, 2.05) is 0 Å². The molecule has 30 heavy (non-hydrogen) atoms. The van der Waals surface area contributed by atoms with Crippen molar-refractivity contribution in [2.75, 3.05) is 32.5 Å². The molecule has 0 aliphatic rings. The standard InChI is InChI=1S/C20H25FN4O4S/c1-25(2)14-20(27)24-17-5-3-4-15(12-17)13-22-19(26)10-11-23-30(28,29)18-8-6-16(21)7-9-18/h3-9,12,23H,10-11,13-14H2,1-2H3,(H,22,26)(H,24,27). The Bertz CT molecular complexity index is 979. The Morgan fingerprint density at radius 2 is 1.73 bits per heavy atom. The van der Waals surface area contributed by atoms with Crippen molar-refractivity contribution in [1.29, 1.82) is 0 Å². The van der Waals surface area contributed by atoms with E-state index in [0.717, 1.165) is 29.8 Å². The van der Waals surface area contributed by atoms with Gasteiger partial charge in [0.1, 0.15) is 5.82 Å². The van der Waals surface area contributed by atoms with Gasteiger partial charge in [-0.05, 0) is 56.1 Å². The Balaban J connectivity index is 1.78. The Kier molecular flexibility index (Phi) is 8.46. The maximum absolute atomic E-state index is 12.9. The van der Waals surface area contributed by atoms with Gasteiger partial charge < -0.3 is 15.5 Å². The number of hydrogen-bond donors (Lipinski definition) is 3. The number of carbonyl (C=O) groups is 2. The van der Waals surface area contributed by atoms with Crippen LogP contribution in [0.4, 0.5) is 10.1 Å². The fourth-order valence-corrected chi connectivity index (χ4v) is 3.56. The van der Waals surface area contributed by atoms with Crippen LogP contribution in [0.2, 0.25) is 0 Å². The van der Waals surface area contributed by atoms with Crippen molar-refractivity contribution in [1.82, 2.24) is 14.9 Å². The molecule has 0 heterocycles. The molecule has 3 N–H and O–H groups in total. The number of amides is 2. The highest BCUT2D eigenvalue weighted by atomic mass is 32.2. The van der Waals surface area contributed by atoms with Crippen molar-refractivity contribution in [3.63, 3.8) is 0 Å². The third-order valence-electron chi connectivity index (χ3n) is 3.93. The van der Waals surface area contributed by atoms with Crippen molar-refractivity contribution in [2.24, 2.45) is 0 Å². The molecular weight excluding hydrogens is 411 g/mol. The fraction of sp³-hybridized carbons (Fsp3) is 0.300. The molecule has 0 aliphatic heterocycles. The molecule has 2 rings (SSSR count). The van der Waals surface area contributed by atoms with Gasteiger partial charge in [-0.25, -0.2) is 17.5 Å². The summed E-state index contributed by atoms with van der Waals surface area (Å²) in [5, 5.41) is 5.48. The van der Waals surface area contributed by atoms with Gasteiger partial charge in [0.25, 0.3) is 0 Å². The lowest BCUT2D eigenvalue weighted by atomic mass is 10.2. The Morgan fingerprint density at radius 3 is 2.40 bits per heavy atom. The van der Waals surface area contributed by atoms with Crippen LogP contribution in [0.1, 0.15) is 12.0 Å². The third-order valence-corrected chi connectivity index (χ3v) is 5.41. The minimum atomic E-state index is -3.81. The Morgan fingerprint density at radius 1 is 1.03 bits per heavy atom. The van der Waals surface area contributed by atoms with E-state index in [1.54, 1.807) is 43.3 Å². The van der Waals surface area contributed by atoms with Crippen LogP contribution in [-0.4, -0.2) is 52.3 Å². The van der Waals surface area contributed by atoms with E-state index >= 15 is 0 Å². The van der Waals surface area contributed by atoms with Gasteiger partial charge in [-0.3, -0.25) is 9.59 Å². The first-order valence-electron chi connectivity index (χ1n) is 9.21. The number of nitrogens with zero attached hydrogens (tertiary/aromatic N) is 1. The molecule has 0 atom stereocenters. The zero-order chi connectivity index (χ0) is 22.1. The zero-order valence-corrected chi connectivity index (χ0v) is 17.6. The molecule has 0 aromatic heterocycles. The molecule has 0 saturated carbocycles. The summed E-state index contributed by atoms with van der Waals surface area (Å²) in [6.07, 6.45) is -0.0559. The van der Waals surface area contributed by atoms with Crippen LogP contribution in [0, 0.1) is 5.82 Å². The van der Waals surface area contributed by atoms with E-state index in [4.69, 9.17) is 0 Å². The van der Waals surface area contributed by atoms with Gasteiger partial charge in [-0.15, -0.1) is 0 Å². The number of benzene rings is 2. The summed E-state index contributed by atoms with van der Waals surface area (Å²) in [6, 6.07) is 11.5. The van der Waals surface area contributed by atoms with Gasteiger partial charge in [-0.2, -0.15) is 0 Å². The van der Waals surface area contributed by atoms with Crippen molar-refractivity contribution in [3.05, 3.63) is 59.9 Å². The summed E-state index contributed by atoms with van der Waals surface area (Å²) in [5.74, 6) is -1.01. The van der Waals surface area contributed by atoms with Crippen LogP contribution in [0.5, 0.6) is 0 Å². The fourth-order valence-electron chi connectivity index (χ4n) is 2.53. The molecule has 0 bridgehead atoms. The molecule has 0 radical (unpaired) electrons. The lowest BCUT2D eigenvalue weighted by molar-refractivity contribution is -0.121. The van der Waals surface area contributed by atoms with Gasteiger partial charge in [0.2, 0.25) is 21.8 Å². The number of halogens is 1. The number of hydrogen-bond acceptors (Lipinski definition) is 5. The molecule has 0 aliphatic carbocycles. The van der Waals surface area contributed by atoms with Crippen LogP contribution in [0.15, 0.2) is 53.4 Å². The summed E-state index contributed by atoms with van der Waals surface area (Å²) in [6.45, 7) is 0.405. The predicted molar refractivity (Wildman–Crippen MR) is 112 cm³/mol. The van der Waals surface area contributed by atoms with Crippen molar-refractivity contribution in [2.45, 2.75) is 17.9 Å². The van der Waals surface area contributed by atoms with E-state index in [-0.39, 0.29) is 42.8 Å². The average molecular weight is 437 g/mol. The normalized spacial score (nSPS) is 11.3. The van der Waals surface area contributed by atoms with Gasteiger partial charge >= 0.3 is 0 Å². The largest absolute Gasteiger partial charge is 0.352 e. The highest BCUT2D eigenvalue weighted by Gasteiger charge is 2.14. The topological polar surface area (TPSA) is 108 Å². The van der Waals surface area contributed by atoms with E-state index in [0.29, 0.717) is 5.69 Å². The summed E-state index contributed by atoms with van der Waals surface area (Å²) in [7, 11) is -0.212. The maximum Gasteiger partial charge on any atom is 0.240 e. The summed E-state index contributed by atoms with van der Waals surface area (Å²) in [5.41, 5.74) is 1.42. The van der Waals surface area contributed by atoms with Gasteiger partial charge in [0.05, 0.1) is 11.4 Å². The molecule has 2 aromatic carbocycles. The predicted octanol–water partition coefficient (Wildman–Crippen LogP) is 1.31. The SMILES string of the molecule is CN(C)CC(=O)Nc1cccc(CNC(=O)CCNS(=O)(=O)c2ccc(F)cc2)c1. The number of likely N-dealkylation sites (N-methyl/N-ethyl adjacent to an activating group) is 1. The lowest BCUT2D eigenvalue weighted by Gasteiger charge is -2.11. The summed E-state index contributed by atoms with van der Waals surface area (Å²) >= 11 is 0. The first-order valence-corrected chi connectivity index (χ1v) is 10.7. The van der Waals surface area contributed by atoms with Gasteiger partial charge in [0, 0.05) is 25.2 Å². The molecule has 0 fully saturated rings. The molecular formula is C20H25FN4O4S. The Labute approximate surface area is 175 Å². The monoisotopic (exact) mass is 436 g/mol. The lowest BCUT2D eigenvalue weighted by Crippen LogP contribution is -2.30. The summed E-state index contributed by atoms with van der Waals surface area (Å²) in [4.78, 5) is 25.5. The van der Waals surface area contributed by atoms with Crippen LogP contribution >= 0.6 is 0 Å². The van der Waals surface area contributed by atoms with E-state index < -0.39 is 15.8 Å². The second-order valence-electron chi connectivity index (χ2n) is 6.86. The second-order valence-corrected chi connectivity index (χ2v) is 8.63. The quantitative estimate of drug-likeness (QED) is 0.521. The van der Waals surface area contributed by atoms with Gasteiger partial charge in [-0.1, -0.05) is 12.1 Å². The Hall–Kier alpha value is -2.82. The molecule has 8 nitrogen and oxygen atoms in total. The molecule has 10 heteroatoms. The highest BCUT2D eigenvalue weighted by molar-refractivity contribution is 7.89. The highest BCUT2D eigenvalue weighted by Crippen LogP contribution is 2.11. The molecule has 2 amide bonds. The number of anilines is 1. The smallest absolute Gasteiger partial charge is 0.240 e. The third kappa shape index (κ3) is 7.90. The van der Waals surface area contributed by atoms with Gasteiger partial charge in [0.15, 0.2) is 0 Å². The minimum Gasteiger partial charge on any atom is -0.352 e. The van der Waals surface area contributed by atoms with Crippen molar-refractivity contribution >= 4 is 27.5 Å². The second kappa shape index (κ2) is 10.8. The molecule has 162 valence electrons. The van der Waals surface area contributed by atoms with Crippen LogP contribution < -0.4 is 15.4 Å². The van der Waals surface area contributed by atoms with Crippen LogP contribution in [0.25, 0.3) is 0 Å². The molecule has 0 saturated heterocycles. The molecule has 0 spiro atoms. The first kappa shape index (κ1) is 23.5. The van der Waals surface area contributed by atoms with Crippen molar-refractivity contribution in [3.8, 4) is 0 Å². The average Bonchev–Trinajstić information content (AvgIpc) is 2.66. The number of rotatable bonds is 10. The van der Waals surface area contributed by atoms with E-state index in [9.17, 15) is 22.4 Å². The maximum atomic E-state index is 12.9. The number of carbonyl (C=O) groups excluding carboxylic acids is 2. The van der Waals surface area contributed by atoms with Crippen LogP contribution in [-0.2, 0) is 26.2 Å². The zero-order valence-electron chi connectivity index (χ0n) is 16.8. The molecule has 2 aromatic rings. The minimum absolute atomic E-state index is 0.0559. The van der Waals surface area contributed by atoms with E-state index in [1.165, 1.54) is 0 Å². The van der Waals surface area contributed by atoms with Crippen LogP contribution in [0.3, 0.4) is 0 Å². The molecule has 0 unspecified atom stereocenters. The number of sulfonamides is 1. The van der Waals surface area contributed by atoms with E-state index in [2.05, 4.69) is 15.4 Å². The first-order chi connectivity index (χ1) is 14.2.